The molecule has 0 radical (unpaired) electrons. The molecule has 0 bridgehead atoms. The molecule has 0 unspecified atom stereocenters. The van der Waals surface area contributed by atoms with Gasteiger partial charge in [0.1, 0.15) is 5.82 Å². The van der Waals surface area contributed by atoms with Crippen LogP contribution < -0.4 is 4.90 Å². The van der Waals surface area contributed by atoms with E-state index in [4.69, 9.17) is 4.52 Å². The fourth-order valence-electron chi connectivity index (χ4n) is 3.11. The summed E-state index contributed by atoms with van der Waals surface area (Å²) in [6.07, 6.45) is 5.25. The van der Waals surface area contributed by atoms with Gasteiger partial charge in [0, 0.05) is 50.9 Å². The van der Waals surface area contributed by atoms with Crippen LogP contribution >= 0.6 is 0 Å². The van der Waals surface area contributed by atoms with Crippen LogP contribution in [0.2, 0.25) is 0 Å². The van der Waals surface area contributed by atoms with Gasteiger partial charge in [0.15, 0.2) is 0 Å². The Kier molecular flexibility index (Phi) is 5.14. The van der Waals surface area contributed by atoms with Crippen LogP contribution in [0.25, 0.3) is 17.5 Å². The first-order chi connectivity index (χ1) is 13.7. The zero-order valence-electron chi connectivity index (χ0n) is 15.7. The summed E-state index contributed by atoms with van der Waals surface area (Å²) >= 11 is 0. The molecule has 1 saturated heterocycles. The Labute approximate surface area is 163 Å². The molecule has 0 spiro atoms. The first-order valence-corrected chi connectivity index (χ1v) is 9.23. The van der Waals surface area contributed by atoms with E-state index in [1.165, 1.54) is 0 Å². The highest BCUT2D eigenvalue weighted by Gasteiger charge is 2.20. The van der Waals surface area contributed by atoms with E-state index < -0.39 is 0 Å². The van der Waals surface area contributed by atoms with Gasteiger partial charge in [0.2, 0.25) is 17.6 Å². The molecule has 1 fully saturated rings. The van der Waals surface area contributed by atoms with Crippen molar-refractivity contribution in [3.8, 4) is 11.4 Å². The lowest BCUT2D eigenvalue weighted by Gasteiger charge is -2.35. The van der Waals surface area contributed by atoms with Gasteiger partial charge in [0.25, 0.3) is 0 Å². The van der Waals surface area contributed by atoms with Crippen LogP contribution in [0, 0.1) is 6.92 Å². The number of carbonyl (C=O) groups excluding carboxylic acids is 1. The Bertz CT molecular complexity index is 958. The normalized spacial score (nSPS) is 14.6. The number of piperazine rings is 1. The molecule has 4 rings (SSSR count). The first-order valence-electron chi connectivity index (χ1n) is 9.23. The van der Waals surface area contributed by atoms with Crippen molar-refractivity contribution >= 4 is 17.8 Å². The number of aromatic nitrogens is 3. The Balaban J connectivity index is 1.33. The summed E-state index contributed by atoms with van der Waals surface area (Å²) in [5.74, 6) is 1.99. The van der Waals surface area contributed by atoms with Gasteiger partial charge < -0.3 is 14.3 Å². The predicted octanol–water partition coefficient (Wildman–Crippen LogP) is 2.80. The Morgan fingerprint density at radius 3 is 2.50 bits per heavy atom. The van der Waals surface area contributed by atoms with Gasteiger partial charge in [-0.2, -0.15) is 4.98 Å². The summed E-state index contributed by atoms with van der Waals surface area (Å²) < 4.78 is 5.01. The van der Waals surface area contributed by atoms with Gasteiger partial charge in [-0.25, -0.2) is 4.98 Å². The molecule has 1 amide bonds. The maximum absolute atomic E-state index is 12.4. The van der Waals surface area contributed by atoms with Crippen molar-refractivity contribution in [2.24, 2.45) is 0 Å². The van der Waals surface area contributed by atoms with Gasteiger partial charge in [-0.3, -0.25) is 4.79 Å². The number of aryl methyl sites for hydroxylation is 1. The second-order valence-electron chi connectivity index (χ2n) is 6.60. The Morgan fingerprint density at radius 1 is 1.07 bits per heavy atom. The van der Waals surface area contributed by atoms with Gasteiger partial charge >= 0.3 is 0 Å². The molecule has 0 aliphatic carbocycles. The van der Waals surface area contributed by atoms with Crippen molar-refractivity contribution < 1.29 is 9.32 Å². The summed E-state index contributed by atoms with van der Waals surface area (Å²) in [6.45, 7) is 4.60. The van der Waals surface area contributed by atoms with E-state index in [2.05, 4.69) is 20.0 Å². The number of pyridine rings is 1. The second-order valence-corrected chi connectivity index (χ2v) is 6.60. The lowest BCUT2D eigenvalue weighted by molar-refractivity contribution is -0.126. The van der Waals surface area contributed by atoms with Crippen molar-refractivity contribution in [1.29, 1.82) is 0 Å². The monoisotopic (exact) mass is 375 g/mol. The largest absolute Gasteiger partial charge is 0.353 e. The zero-order chi connectivity index (χ0) is 19.3. The Hall–Kier alpha value is -3.48. The lowest BCUT2D eigenvalue weighted by atomic mass is 10.2. The molecular formula is C21H21N5O2. The average molecular weight is 375 g/mol. The van der Waals surface area contributed by atoms with Crippen molar-refractivity contribution in [3.05, 3.63) is 66.2 Å². The Morgan fingerprint density at radius 2 is 1.86 bits per heavy atom. The molecule has 2 aromatic heterocycles. The van der Waals surface area contributed by atoms with Gasteiger partial charge in [-0.1, -0.05) is 35.5 Å². The van der Waals surface area contributed by atoms with Crippen molar-refractivity contribution in [2.75, 3.05) is 31.1 Å². The van der Waals surface area contributed by atoms with E-state index in [1.54, 1.807) is 19.2 Å². The van der Waals surface area contributed by atoms with E-state index in [0.29, 0.717) is 24.8 Å². The van der Waals surface area contributed by atoms with Crippen molar-refractivity contribution in [1.82, 2.24) is 20.0 Å². The smallest absolute Gasteiger partial charge is 0.246 e. The molecule has 3 heterocycles. The van der Waals surface area contributed by atoms with E-state index in [0.717, 1.165) is 30.0 Å². The third kappa shape index (κ3) is 4.09. The molecule has 28 heavy (non-hydrogen) atoms. The summed E-state index contributed by atoms with van der Waals surface area (Å²) in [7, 11) is 0. The van der Waals surface area contributed by atoms with Crippen molar-refractivity contribution in [2.45, 2.75) is 6.92 Å². The second kappa shape index (κ2) is 8.04. The molecule has 0 saturated carbocycles. The minimum atomic E-state index is 0.0410. The number of anilines is 1. The van der Waals surface area contributed by atoms with E-state index in [9.17, 15) is 4.79 Å². The first kappa shape index (κ1) is 17.9. The molecule has 0 atom stereocenters. The zero-order valence-corrected chi connectivity index (χ0v) is 15.7. The van der Waals surface area contributed by atoms with E-state index >= 15 is 0 Å². The number of hydrogen-bond donors (Lipinski definition) is 0. The number of nitrogens with zero attached hydrogens (tertiary/aromatic N) is 5. The van der Waals surface area contributed by atoms with Crippen LogP contribution in [0.15, 0.2) is 59.3 Å². The maximum atomic E-state index is 12.4. The van der Waals surface area contributed by atoms with E-state index in [1.807, 2.05) is 53.4 Å². The van der Waals surface area contributed by atoms with Crippen LogP contribution in [-0.4, -0.2) is 52.1 Å². The number of hydrogen-bond acceptors (Lipinski definition) is 6. The van der Waals surface area contributed by atoms with E-state index in [-0.39, 0.29) is 5.91 Å². The molecule has 1 aliphatic rings. The third-order valence-corrected chi connectivity index (χ3v) is 4.67. The molecule has 142 valence electrons. The summed E-state index contributed by atoms with van der Waals surface area (Å²) in [6, 6.07) is 13.7. The van der Waals surface area contributed by atoms with Crippen molar-refractivity contribution in [3.63, 3.8) is 0 Å². The van der Waals surface area contributed by atoms with Crippen LogP contribution in [0.1, 0.15) is 11.5 Å². The SMILES string of the molecule is Cc1nc(-c2ccc(N3CCN(C(=O)C=Cc4ccccc4)CC3)nc2)no1. The van der Waals surface area contributed by atoms with Gasteiger partial charge in [-0.05, 0) is 23.8 Å². The van der Waals surface area contributed by atoms with Crippen LogP contribution in [0.5, 0.6) is 0 Å². The highest BCUT2D eigenvalue weighted by atomic mass is 16.5. The third-order valence-electron chi connectivity index (χ3n) is 4.67. The fraction of sp³-hybridized carbons (Fsp3) is 0.238. The molecule has 7 nitrogen and oxygen atoms in total. The number of carbonyl (C=O) groups is 1. The number of rotatable bonds is 4. The minimum absolute atomic E-state index is 0.0410. The molecule has 1 aliphatic heterocycles. The average Bonchev–Trinajstić information content (AvgIpc) is 3.19. The summed E-state index contributed by atoms with van der Waals surface area (Å²) in [4.78, 5) is 25.2. The van der Waals surface area contributed by atoms with Gasteiger partial charge in [0.05, 0.1) is 0 Å². The fourth-order valence-corrected chi connectivity index (χ4v) is 3.11. The standard InChI is InChI=1S/C21H21N5O2/c1-16-23-21(24-28-16)18-8-9-19(22-15-18)25-11-13-26(14-12-25)20(27)10-7-17-5-3-2-4-6-17/h2-10,15H,11-14H2,1H3. The quantitative estimate of drug-likeness (QED) is 0.653. The molecule has 3 aromatic rings. The molecular weight excluding hydrogens is 354 g/mol. The van der Waals surface area contributed by atoms with Gasteiger partial charge in [-0.15, -0.1) is 0 Å². The summed E-state index contributed by atoms with van der Waals surface area (Å²) in [5.41, 5.74) is 1.84. The predicted molar refractivity (Wildman–Crippen MR) is 107 cm³/mol. The van der Waals surface area contributed by atoms with Crippen LogP contribution in [0.4, 0.5) is 5.82 Å². The number of benzene rings is 1. The highest BCUT2D eigenvalue weighted by Crippen LogP contribution is 2.19. The maximum Gasteiger partial charge on any atom is 0.246 e. The molecule has 1 aromatic carbocycles. The topological polar surface area (TPSA) is 75.4 Å². The summed E-state index contributed by atoms with van der Waals surface area (Å²) in [5, 5.41) is 3.91. The molecule has 7 heteroatoms. The van der Waals surface area contributed by atoms with Crippen LogP contribution in [0.3, 0.4) is 0 Å². The minimum Gasteiger partial charge on any atom is -0.353 e. The lowest BCUT2D eigenvalue weighted by Crippen LogP contribution is -2.48. The molecule has 0 N–H and O–H groups in total. The van der Waals surface area contributed by atoms with Crippen LogP contribution in [-0.2, 0) is 4.79 Å². The highest BCUT2D eigenvalue weighted by molar-refractivity contribution is 5.91. The number of amides is 1.